The quantitative estimate of drug-likeness (QED) is 0.879. The average molecular weight is 294 g/mol. The Hall–Kier alpha value is -1.59. The number of carbonyl (C=O) groups is 1. The second-order valence-corrected chi connectivity index (χ2v) is 5.63. The van der Waals surface area contributed by atoms with E-state index in [1.54, 1.807) is 30.6 Å². The number of thioether (sulfide) groups is 1. The normalized spacial score (nSPS) is 11.9. The number of aromatic nitrogens is 2. The molecule has 1 heterocycles. The van der Waals surface area contributed by atoms with E-state index in [2.05, 4.69) is 15.3 Å². The zero-order chi connectivity index (χ0) is 13.7. The van der Waals surface area contributed by atoms with Crippen LogP contribution in [0.5, 0.6) is 0 Å². The summed E-state index contributed by atoms with van der Waals surface area (Å²) in [5, 5.41) is 3.10. The fraction of sp³-hybridized carbons (Fsp3) is 0.154. The summed E-state index contributed by atoms with van der Waals surface area (Å²) in [6.45, 7) is 1.83. The van der Waals surface area contributed by atoms with Crippen LogP contribution in [0.3, 0.4) is 0 Å². The number of benzene rings is 1. The molecule has 0 aliphatic heterocycles. The molecule has 2 rings (SSSR count). The molecular weight excluding hydrogens is 282 g/mol. The molecule has 0 saturated heterocycles. The maximum atomic E-state index is 11.9. The van der Waals surface area contributed by atoms with Gasteiger partial charge < -0.3 is 0 Å². The topological polar surface area (TPSA) is 54.9 Å². The van der Waals surface area contributed by atoms with Crippen LogP contribution in [-0.2, 0) is 4.79 Å². The van der Waals surface area contributed by atoms with Gasteiger partial charge in [0.15, 0.2) is 0 Å². The Morgan fingerprint density at radius 2 is 1.89 bits per heavy atom. The van der Waals surface area contributed by atoms with Gasteiger partial charge in [-0.25, -0.2) is 9.97 Å². The summed E-state index contributed by atoms with van der Waals surface area (Å²) in [6, 6.07) is 9.07. The van der Waals surface area contributed by atoms with Crippen molar-refractivity contribution in [3.05, 3.63) is 47.7 Å². The van der Waals surface area contributed by atoms with Crippen LogP contribution in [-0.4, -0.2) is 21.1 Å². The van der Waals surface area contributed by atoms with E-state index in [4.69, 9.17) is 11.6 Å². The third-order valence-electron chi connectivity index (χ3n) is 2.30. The van der Waals surface area contributed by atoms with Crippen molar-refractivity contribution in [2.24, 2.45) is 0 Å². The molecule has 0 radical (unpaired) electrons. The van der Waals surface area contributed by atoms with Gasteiger partial charge in [-0.05, 0) is 37.3 Å². The van der Waals surface area contributed by atoms with E-state index in [1.165, 1.54) is 11.8 Å². The third kappa shape index (κ3) is 4.22. The highest BCUT2D eigenvalue weighted by molar-refractivity contribution is 8.00. The van der Waals surface area contributed by atoms with Gasteiger partial charge in [-0.1, -0.05) is 11.6 Å². The molecule has 98 valence electrons. The van der Waals surface area contributed by atoms with Crippen molar-refractivity contribution < 1.29 is 4.79 Å². The van der Waals surface area contributed by atoms with E-state index in [0.717, 1.165) is 4.90 Å². The fourth-order valence-corrected chi connectivity index (χ4v) is 2.34. The van der Waals surface area contributed by atoms with Crippen molar-refractivity contribution in [3.8, 4) is 0 Å². The summed E-state index contributed by atoms with van der Waals surface area (Å²) in [7, 11) is 0. The first-order valence-corrected chi connectivity index (χ1v) is 6.91. The number of halogens is 1. The van der Waals surface area contributed by atoms with Gasteiger partial charge in [0.05, 0.1) is 5.25 Å². The lowest BCUT2D eigenvalue weighted by molar-refractivity contribution is -0.115. The van der Waals surface area contributed by atoms with Gasteiger partial charge in [-0.2, -0.15) is 0 Å². The maximum Gasteiger partial charge on any atom is 0.239 e. The zero-order valence-corrected chi connectivity index (χ0v) is 11.8. The Balaban J connectivity index is 1.94. The molecule has 1 amide bonds. The highest BCUT2D eigenvalue weighted by atomic mass is 35.5. The average Bonchev–Trinajstić information content (AvgIpc) is 2.42. The molecule has 0 aliphatic rings. The Kier molecular flexibility index (Phi) is 4.76. The van der Waals surface area contributed by atoms with E-state index in [0.29, 0.717) is 11.0 Å². The molecule has 1 aromatic heterocycles. The lowest BCUT2D eigenvalue weighted by Gasteiger charge is -2.10. The van der Waals surface area contributed by atoms with Crippen molar-refractivity contribution in [1.29, 1.82) is 0 Å². The Morgan fingerprint density at radius 3 is 2.53 bits per heavy atom. The van der Waals surface area contributed by atoms with E-state index in [1.807, 2.05) is 19.1 Å². The van der Waals surface area contributed by atoms with Crippen molar-refractivity contribution in [2.45, 2.75) is 17.1 Å². The molecule has 6 heteroatoms. The molecule has 1 unspecified atom stereocenters. The molecule has 0 fully saturated rings. The Labute approximate surface area is 120 Å². The van der Waals surface area contributed by atoms with Gasteiger partial charge in [0.25, 0.3) is 0 Å². The highest BCUT2D eigenvalue weighted by Gasteiger charge is 2.15. The summed E-state index contributed by atoms with van der Waals surface area (Å²) in [5.74, 6) is 0.183. The first-order valence-electron chi connectivity index (χ1n) is 5.65. The minimum absolute atomic E-state index is 0.133. The highest BCUT2D eigenvalue weighted by Crippen LogP contribution is 2.25. The van der Waals surface area contributed by atoms with E-state index < -0.39 is 0 Å². The number of amides is 1. The van der Waals surface area contributed by atoms with Gasteiger partial charge in [0, 0.05) is 22.3 Å². The van der Waals surface area contributed by atoms with E-state index in [9.17, 15) is 4.79 Å². The smallest absolute Gasteiger partial charge is 0.239 e. The molecule has 0 saturated carbocycles. The number of nitrogens with zero attached hydrogens (tertiary/aromatic N) is 2. The summed E-state index contributed by atoms with van der Waals surface area (Å²) in [6.07, 6.45) is 3.17. The Bertz CT molecular complexity index is 548. The SMILES string of the molecule is CC(Sc1ccc(Cl)cc1)C(=O)Nc1ncccn1. The van der Waals surface area contributed by atoms with Gasteiger partial charge >= 0.3 is 0 Å². The molecule has 19 heavy (non-hydrogen) atoms. The molecule has 4 nitrogen and oxygen atoms in total. The minimum atomic E-state index is -0.245. The number of rotatable bonds is 4. The van der Waals surface area contributed by atoms with Crippen LogP contribution >= 0.6 is 23.4 Å². The standard InChI is InChI=1S/C13H12ClN3OS/c1-9(19-11-5-3-10(14)4-6-11)12(18)17-13-15-7-2-8-16-13/h2-9H,1H3,(H,15,16,17,18). The van der Waals surface area contributed by atoms with Gasteiger partial charge in [0.2, 0.25) is 11.9 Å². The summed E-state index contributed by atoms with van der Waals surface area (Å²) in [4.78, 5) is 20.8. The summed E-state index contributed by atoms with van der Waals surface area (Å²) in [5.41, 5.74) is 0. The van der Waals surface area contributed by atoms with Crippen LogP contribution in [0.4, 0.5) is 5.95 Å². The summed E-state index contributed by atoms with van der Waals surface area (Å²) >= 11 is 7.27. The molecule has 2 aromatic rings. The van der Waals surface area contributed by atoms with Crippen LogP contribution in [0.15, 0.2) is 47.6 Å². The predicted molar refractivity (Wildman–Crippen MR) is 77.4 cm³/mol. The van der Waals surface area contributed by atoms with Crippen molar-refractivity contribution in [1.82, 2.24) is 9.97 Å². The molecule has 0 bridgehead atoms. The van der Waals surface area contributed by atoms with Crippen LogP contribution < -0.4 is 5.32 Å². The largest absolute Gasteiger partial charge is 0.294 e. The number of carbonyl (C=O) groups excluding carboxylic acids is 1. The zero-order valence-electron chi connectivity index (χ0n) is 10.2. The van der Waals surface area contributed by atoms with Crippen LogP contribution in [0.25, 0.3) is 0 Å². The van der Waals surface area contributed by atoms with Gasteiger partial charge in [0.1, 0.15) is 0 Å². The second-order valence-electron chi connectivity index (χ2n) is 3.78. The first-order chi connectivity index (χ1) is 9.15. The van der Waals surface area contributed by atoms with Crippen molar-refractivity contribution >= 4 is 35.2 Å². The number of anilines is 1. The summed E-state index contributed by atoms with van der Waals surface area (Å²) < 4.78 is 0. The van der Waals surface area contributed by atoms with Crippen LogP contribution in [0.1, 0.15) is 6.92 Å². The number of nitrogens with one attached hydrogen (secondary N) is 1. The third-order valence-corrected chi connectivity index (χ3v) is 3.66. The Morgan fingerprint density at radius 1 is 1.26 bits per heavy atom. The lowest BCUT2D eigenvalue weighted by Crippen LogP contribution is -2.23. The second kappa shape index (κ2) is 6.54. The van der Waals surface area contributed by atoms with Crippen LogP contribution in [0.2, 0.25) is 5.02 Å². The lowest BCUT2D eigenvalue weighted by atomic mass is 10.4. The predicted octanol–water partition coefficient (Wildman–Crippen LogP) is 3.25. The van der Waals surface area contributed by atoms with Crippen molar-refractivity contribution in [3.63, 3.8) is 0 Å². The number of hydrogen-bond donors (Lipinski definition) is 1. The van der Waals surface area contributed by atoms with E-state index >= 15 is 0 Å². The van der Waals surface area contributed by atoms with Gasteiger partial charge in [-0.3, -0.25) is 10.1 Å². The monoisotopic (exact) mass is 293 g/mol. The molecule has 1 aromatic carbocycles. The van der Waals surface area contributed by atoms with Gasteiger partial charge in [-0.15, -0.1) is 11.8 Å². The maximum absolute atomic E-state index is 11.9. The minimum Gasteiger partial charge on any atom is -0.294 e. The first kappa shape index (κ1) is 13.8. The van der Waals surface area contributed by atoms with Crippen LogP contribution in [0, 0.1) is 0 Å². The fourth-order valence-electron chi connectivity index (χ4n) is 1.35. The molecular formula is C13H12ClN3OS. The molecule has 0 aliphatic carbocycles. The molecule has 0 spiro atoms. The van der Waals surface area contributed by atoms with Crippen molar-refractivity contribution in [2.75, 3.05) is 5.32 Å². The molecule has 1 atom stereocenters. The number of hydrogen-bond acceptors (Lipinski definition) is 4. The molecule has 1 N–H and O–H groups in total. The van der Waals surface area contributed by atoms with E-state index in [-0.39, 0.29) is 11.2 Å².